The molecule has 2 heterocycles. The van der Waals surface area contributed by atoms with E-state index in [-0.39, 0.29) is 18.1 Å². The number of amides is 1. The second kappa shape index (κ2) is 9.34. The largest absolute Gasteiger partial charge is 0.485 e. The van der Waals surface area contributed by atoms with E-state index in [0.717, 1.165) is 5.56 Å². The number of hydrogen-bond acceptors (Lipinski definition) is 5. The van der Waals surface area contributed by atoms with Gasteiger partial charge in [0.05, 0.1) is 11.4 Å². The Bertz CT molecular complexity index is 1300. The van der Waals surface area contributed by atoms with Gasteiger partial charge in [-0.25, -0.2) is 4.98 Å². The summed E-state index contributed by atoms with van der Waals surface area (Å²) >= 11 is 0. The van der Waals surface area contributed by atoms with Crippen molar-refractivity contribution in [2.75, 3.05) is 5.32 Å². The number of anilines is 1. The SMILES string of the molecule is Cc1ccc2nc(COc3ccccc3NC(=O)C(C)Oc3ccccc3)cc(=O)n2c1. The monoisotopic (exact) mass is 429 g/mol. The zero-order valence-electron chi connectivity index (χ0n) is 17.8. The summed E-state index contributed by atoms with van der Waals surface area (Å²) in [7, 11) is 0. The predicted molar refractivity (Wildman–Crippen MR) is 122 cm³/mol. The quantitative estimate of drug-likeness (QED) is 0.480. The molecule has 2 aromatic heterocycles. The maximum atomic E-state index is 12.6. The third kappa shape index (κ3) is 4.95. The van der Waals surface area contributed by atoms with Gasteiger partial charge in [0.25, 0.3) is 11.5 Å². The minimum atomic E-state index is -0.698. The number of fused-ring (bicyclic) bond motifs is 1. The van der Waals surface area contributed by atoms with Crippen LogP contribution in [0.15, 0.2) is 83.8 Å². The number of nitrogens with zero attached hydrogens (tertiary/aromatic N) is 2. The van der Waals surface area contributed by atoms with Crippen molar-refractivity contribution in [3.63, 3.8) is 0 Å². The van der Waals surface area contributed by atoms with Gasteiger partial charge < -0.3 is 14.8 Å². The smallest absolute Gasteiger partial charge is 0.265 e. The molecule has 0 saturated heterocycles. The molecule has 0 saturated carbocycles. The molecular weight excluding hydrogens is 406 g/mol. The second-order valence-electron chi connectivity index (χ2n) is 7.37. The van der Waals surface area contributed by atoms with Gasteiger partial charge in [0.15, 0.2) is 6.10 Å². The fourth-order valence-electron chi connectivity index (χ4n) is 3.17. The Hall–Kier alpha value is -4.13. The number of nitrogens with one attached hydrogen (secondary N) is 1. The van der Waals surface area contributed by atoms with Crippen molar-refractivity contribution >= 4 is 17.2 Å². The third-order valence-electron chi connectivity index (χ3n) is 4.81. The lowest BCUT2D eigenvalue weighted by atomic mass is 10.2. The molecule has 1 N–H and O–H groups in total. The first kappa shape index (κ1) is 21.1. The van der Waals surface area contributed by atoms with Crippen LogP contribution in [0.5, 0.6) is 11.5 Å². The van der Waals surface area contributed by atoms with Gasteiger partial charge in [-0.05, 0) is 49.7 Å². The number of carbonyl (C=O) groups is 1. The molecule has 7 nitrogen and oxygen atoms in total. The minimum Gasteiger partial charge on any atom is -0.485 e. The second-order valence-corrected chi connectivity index (χ2v) is 7.37. The van der Waals surface area contributed by atoms with Crippen LogP contribution >= 0.6 is 0 Å². The first-order chi connectivity index (χ1) is 15.5. The molecule has 1 atom stereocenters. The fraction of sp³-hybridized carbons (Fsp3) is 0.160. The number of benzene rings is 2. The zero-order chi connectivity index (χ0) is 22.5. The Morgan fingerprint density at radius 2 is 1.81 bits per heavy atom. The molecule has 0 fully saturated rings. The van der Waals surface area contributed by atoms with Crippen molar-refractivity contribution in [3.05, 3.63) is 101 Å². The van der Waals surface area contributed by atoms with Crippen molar-refractivity contribution in [1.82, 2.24) is 9.38 Å². The van der Waals surface area contributed by atoms with E-state index in [2.05, 4.69) is 10.3 Å². The van der Waals surface area contributed by atoms with Gasteiger partial charge in [0.1, 0.15) is 23.8 Å². The molecule has 0 aliphatic rings. The lowest BCUT2D eigenvalue weighted by molar-refractivity contribution is -0.122. The molecule has 0 bridgehead atoms. The van der Waals surface area contributed by atoms with Crippen LogP contribution in [0.4, 0.5) is 5.69 Å². The van der Waals surface area contributed by atoms with Crippen LogP contribution in [0.1, 0.15) is 18.2 Å². The Morgan fingerprint density at radius 3 is 2.62 bits per heavy atom. The number of para-hydroxylation sites is 3. The minimum absolute atomic E-state index is 0.0859. The number of pyridine rings is 1. The molecule has 162 valence electrons. The topological polar surface area (TPSA) is 81.9 Å². The average Bonchev–Trinajstić information content (AvgIpc) is 2.79. The molecule has 0 spiro atoms. The first-order valence-electron chi connectivity index (χ1n) is 10.2. The predicted octanol–water partition coefficient (Wildman–Crippen LogP) is 3.99. The normalized spacial score (nSPS) is 11.7. The molecule has 0 aliphatic carbocycles. The maximum Gasteiger partial charge on any atom is 0.265 e. The Labute approximate surface area is 185 Å². The third-order valence-corrected chi connectivity index (χ3v) is 4.81. The molecule has 1 amide bonds. The summed E-state index contributed by atoms with van der Waals surface area (Å²) in [6, 6.07) is 21.4. The number of ether oxygens (including phenoxy) is 2. The Morgan fingerprint density at radius 1 is 1.06 bits per heavy atom. The summed E-state index contributed by atoms with van der Waals surface area (Å²) in [5.74, 6) is 0.782. The van der Waals surface area contributed by atoms with Gasteiger partial charge in [-0.2, -0.15) is 0 Å². The summed E-state index contributed by atoms with van der Waals surface area (Å²) in [4.78, 5) is 29.5. The van der Waals surface area contributed by atoms with E-state index < -0.39 is 6.10 Å². The van der Waals surface area contributed by atoms with E-state index >= 15 is 0 Å². The van der Waals surface area contributed by atoms with Crippen molar-refractivity contribution < 1.29 is 14.3 Å². The molecular formula is C25H23N3O4. The van der Waals surface area contributed by atoms with Gasteiger partial charge in [-0.3, -0.25) is 14.0 Å². The average molecular weight is 429 g/mol. The van der Waals surface area contributed by atoms with E-state index in [1.54, 1.807) is 55.6 Å². The molecule has 2 aromatic carbocycles. The molecule has 4 aromatic rings. The van der Waals surface area contributed by atoms with Crippen LogP contribution in [0, 0.1) is 6.92 Å². The Balaban J connectivity index is 1.46. The number of aryl methyl sites for hydroxylation is 1. The van der Waals surface area contributed by atoms with Crippen LogP contribution in [0.3, 0.4) is 0 Å². The highest BCUT2D eigenvalue weighted by molar-refractivity contribution is 5.95. The molecule has 32 heavy (non-hydrogen) atoms. The number of rotatable bonds is 7. The lowest BCUT2D eigenvalue weighted by Crippen LogP contribution is -2.30. The summed E-state index contributed by atoms with van der Waals surface area (Å²) in [6.07, 6.45) is 1.05. The van der Waals surface area contributed by atoms with E-state index in [1.807, 2.05) is 31.2 Å². The summed E-state index contributed by atoms with van der Waals surface area (Å²) in [5.41, 5.74) is 2.36. The molecule has 0 radical (unpaired) electrons. The van der Waals surface area contributed by atoms with Gasteiger partial charge in [-0.15, -0.1) is 0 Å². The molecule has 0 aliphatic heterocycles. The van der Waals surface area contributed by atoms with Gasteiger partial charge >= 0.3 is 0 Å². The first-order valence-corrected chi connectivity index (χ1v) is 10.2. The number of carbonyl (C=O) groups excluding carboxylic acids is 1. The van der Waals surface area contributed by atoms with E-state index in [4.69, 9.17) is 9.47 Å². The van der Waals surface area contributed by atoms with E-state index in [0.29, 0.717) is 28.5 Å². The summed E-state index contributed by atoms with van der Waals surface area (Å²) < 4.78 is 13.1. The number of aromatic nitrogens is 2. The summed E-state index contributed by atoms with van der Waals surface area (Å²) in [6.45, 7) is 3.68. The highest BCUT2D eigenvalue weighted by Crippen LogP contribution is 2.25. The van der Waals surface area contributed by atoms with Crippen LogP contribution in [-0.4, -0.2) is 21.4 Å². The highest BCUT2D eigenvalue weighted by atomic mass is 16.5. The van der Waals surface area contributed by atoms with Crippen LogP contribution in [-0.2, 0) is 11.4 Å². The zero-order valence-corrected chi connectivity index (χ0v) is 17.8. The van der Waals surface area contributed by atoms with Crippen molar-refractivity contribution in [1.29, 1.82) is 0 Å². The van der Waals surface area contributed by atoms with Crippen molar-refractivity contribution in [2.45, 2.75) is 26.6 Å². The van der Waals surface area contributed by atoms with E-state index in [9.17, 15) is 9.59 Å². The number of hydrogen-bond donors (Lipinski definition) is 1. The van der Waals surface area contributed by atoms with Crippen LogP contribution in [0.25, 0.3) is 5.65 Å². The lowest BCUT2D eigenvalue weighted by Gasteiger charge is -2.16. The van der Waals surface area contributed by atoms with Gasteiger partial charge in [-0.1, -0.05) is 36.4 Å². The van der Waals surface area contributed by atoms with Gasteiger partial charge in [0.2, 0.25) is 0 Å². The van der Waals surface area contributed by atoms with Crippen LogP contribution < -0.4 is 20.3 Å². The fourth-order valence-corrected chi connectivity index (χ4v) is 3.17. The molecule has 7 heteroatoms. The molecule has 4 rings (SSSR count). The highest BCUT2D eigenvalue weighted by Gasteiger charge is 2.17. The standard InChI is InChI=1S/C25H23N3O4/c1-17-12-13-23-26-19(14-24(29)28(23)15-17)16-31-22-11-7-6-10-21(22)27-25(30)18(2)32-20-8-4-3-5-9-20/h3-15,18H,16H2,1-2H3,(H,27,30). The van der Waals surface area contributed by atoms with Crippen molar-refractivity contribution in [3.8, 4) is 11.5 Å². The maximum absolute atomic E-state index is 12.6. The van der Waals surface area contributed by atoms with E-state index in [1.165, 1.54) is 10.5 Å². The van der Waals surface area contributed by atoms with Crippen LogP contribution in [0.2, 0.25) is 0 Å². The molecule has 1 unspecified atom stereocenters. The Kier molecular flexibility index (Phi) is 6.17. The van der Waals surface area contributed by atoms with Crippen molar-refractivity contribution in [2.24, 2.45) is 0 Å². The van der Waals surface area contributed by atoms with Gasteiger partial charge in [0, 0.05) is 12.3 Å². The summed E-state index contributed by atoms with van der Waals surface area (Å²) in [5, 5.41) is 2.84.